The Morgan fingerprint density at radius 1 is 1.40 bits per heavy atom. The van der Waals surface area contributed by atoms with Gasteiger partial charge >= 0.3 is 0 Å². The molecule has 15 heavy (non-hydrogen) atoms. The van der Waals surface area contributed by atoms with Gasteiger partial charge in [-0.1, -0.05) is 0 Å². The Hall–Kier alpha value is -1.60. The summed E-state index contributed by atoms with van der Waals surface area (Å²) in [5, 5.41) is 9.35. The molecule has 2 N–H and O–H groups in total. The number of phenols is 1. The molecule has 82 valence electrons. The molecule has 0 radical (unpaired) electrons. The lowest BCUT2D eigenvalue weighted by Gasteiger charge is -2.06. The summed E-state index contributed by atoms with van der Waals surface area (Å²) in [5.74, 6) is -0.674. The molecule has 0 saturated carbocycles. The van der Waals surface area contributed by atoms with Gasteiger partial charge in [-0.15, -0.1) is 0 Å². The molecule has 0 bridgehead atoms. The number of hydrogen-bond acceptors (Lipinski definition) is 5. The van der Waals surface area contributed by atoms with Crippen LogP contribution in [0.5, 0.6) is 11.5 Å². The highest BCUT2D eigenvalue weighted by atomic mass is 32.2. The fraction of sp³-hybridized carbons (Fsp3) is 0.125. The summed E-state index contributed by atoms with van der Waals surface area (Å²) in [7, 11) is -3.24. The van der Waals surface area contributed by atoms with Crippen LogP contribution in [0.25, 0.3) is 0 Å². The van der Waals surface area contributed by atoms with Crippen LogP contribution in [0.1, 0.15) is 10.4 Å². The van der Waals surface area contributed by atoms with E-state index < -0.39 is 20.8 Å². The van der Waals surface area contributed by atoms with E-state index in [-0.39, 0.29) is 17.6 Å². The molecule has 0 amide bonds. The van der Waals surface area contributed by atoms with Crippen molar-refractivity contribution in [3.63, 3.8) is 0 Å². The molecule has 0 saturated heterocycles. The summed E-state index contributed by atoms with van der Waals surface area (Å²) in [6.45, 7) is 0. The molecule has 1 aromatic rings. The summed E-state index contributed by atoms with van der Waals surface area (Å²) in [6.07, 6.45) is 0.256. The molecule has 0 unspecified atom stereocenters. The number of hydrogen-bond donors (Lipinski definition) is 2. The van der Waals surface area contributed by atoms with Gasteiger partial charge in [-0.3, -0.25) is 9.35 Å². The molecule has 0 aliphatic rings. The van der Waals surface area contributed by atoms with Gasteiger partial charge < -0.3 is 9.84 Å². The number of aromatic hydroxyl groups is 1. The van der Waals surface area contributed by atoms with Crippen LogP contribution >= 0.6 is 0 Å². The average molecular weight is 232 g/mol. The molecule has 0 fully saturated rings. The maximum Gasteiger partial charge on any atom is 0.294 e. The average Bonchev–Trinajstić information content (AvgIpc) is 2.16. The zero-order valence-electron chi connectivity index (χ0n) is 7.67. The van der Waals surface area contributed by atoms with Gasteiger partial charge in [-0.2, -0.15) is 8.42 Å². The summed E-state index contributed by atoms with van der Waals surface area (Å²) in [6, 6.07) is 1.76. The van der Waals surface area contributed by atoms with Gasteiger partial charge in [0.25, 0.3) is 10.1 Å². The summed E-state index contributed by atoms with van der Waals surface area (Å²) < 4.78 is 34.9. The number of aldehydes is 1. The van der Waals surface area contributed by atoms with E-state index in [1.165, 1.54) is 7.11 Å². The molecule has 1 rings (SSSR count). The van der Waals surface area contributed by atoms with Gasteiger partial charge in [0.05, 0.1) is 17.6 Å². The third kappa shape index (κ3) is 2.25. The fourth-order valence-electron chi connectivity index (χ4n) is 0.997. The molecule has 0 atom stereocenters. The third-order valence-electron chi connectivity index (χ3n) is 1.72. The Morgan fingerprint density at radius 2 is 2.00 bits per heavy atom. The van der Waals surface area contributed by atoms with Gasteiger partial charge in [0, 0.05) is 6.07 Å². The maximum atomic E-state index is 10.8. The first-order chi connectivity index (χ1) is 6.90. The first-order valence-corrected chi connectivity index (χ1v) is 5.18. The van der Waals surface area contributed by atoms with E-state index in [1.807, 2.05) is 0 Å². The molecule has 7 heteroatoms. The van der Waals surface area contributed by atoms with Gasteiger partial charge in [0.15, 0.2) is 17.8 Å². The minimum Gasteiger partial charge on any atom is -0.504 e. The van der Waals surface area contributed by atoms with Crippen molar-refractivity contribution < 1.29 is 27.6 Å². The van der Waals surface area contributed by atoms with Crippen LogP contribution in [0.15, 0.2) is 17.0 Å². The first kappa shape index (κ1) is 11.5. The van der Waals surface area contributed by atoms with Gasteiger partial charge in [0.2, 0.25) is 0 Å². The van der Waals surface area contributed by atoms with Crippen molar-refractivity contribution in [1.82, 2.24) is 0 Å². The summed E-state index contributed by atoms with van der Waals surface area (Å²) >= 11 is 0. The maximum absolute atomic E-state index is 10.8. The minimum absolute atomic E-state index is 0.202. The Balaban J connectivity index is 3.54. The zero-order chi connectivity index (χ0) is 11.6. The lowest BCUT2D eigenvalue weighted by molar-refractivity contribution is 0.112. The van der Waals surface area contributed by atoms with Crippen LogP contribution < -0.4 is 4.74 Å². The first-order valence-electron chi connectivity index (χ1n) is 3.74. The Kier molecular flexibility index (Phi) is 2.96. The molecular formula is C8H8O6S. The summed E-state index contributed by atoms with van der Waals surface area (Å²) in [4.78, 5) is 9.97. The second-order valence-electron chi connectivity index (χ2n) is 2.66. The Bertz CT molecular complexity index is 490. The fourth-order valence-corrected chi connectivity index (χ4v) is 1.53. The minimum atomic E-state index is -4.43. The van der Waals surface area contributed by atoms with Crippen molar-refractivity contribution >= 4 is 16.4 Å². The van der Waals surface area contributed by atoms with E-state index in [9.17, 15) is 18.3 Å². The van der Waals surface area contributed by atoms with Crippen molar-refractivity contribution in [1.29, 1.82) is 0 Å². The predicted octanol–water partition coefficient (Wildman–Crippen LogP) is 0.460. The van der Waals surface area contributed by atoms with Crippen LogP contribution in [-0.4, -0.2) is 31.5 Å². The monoisotopic (exact) mass is 232 g/mol. The zero-order valence-corrected chi connectivity index (χ0v) is 8.48. The van der Waals surface area contributed by atoms with Gasteiger partial charge in [-0.25, -0.2) is 0 Å². The van der Waals surface area contributed by atoms with Crippen LogP contribution in [-0.2, 0) is 10.1 Å². The number of carbonyl (C=O) groups is 1. The highest BCUT2D eigenvalue weighted by molar-refractivity contribution is 7.85. The number of ether oxygens (including phenoxy) is 1. The van der Waals surface area contributed by atoms with E-state index in [2.05, 4.69) is 4.74 Å². The number of phenolic OH excluding ortho intramolecular Hbond substituents is 1. The quantitative estimate of drug-likeness (QED) is 0.580. The lowest BCUT2D eigenvalue weighted by Crippen LogP contribution is -2.00. The van der Waals surface area contributed by atoms with E-state index in [0.29, 0.717) is 0 Å². The van der Waals surface area contributed by atoms with Crippen LogP contribution in [0.2, 0.25) is 0 Å². The second kappa shape index (κ2) is 3.87. The predicted molar refractivity (Wildman–Crippen MR) is 49.9 cm³/mol. The van der Waals surface area contributed by atoms with E-state index in [4.69, 9.17) is 4.55 Å². The highest BCUT2D eigenvalue weighted by Crippen LogP contribution is 2.31. The third-order valence-corrected chi connectivity index (χ3v) is 2.55. The largest absolute Gasteiger partial charge is 0.504 e. The standard InChI is InChI=1S/C8H8O6S/c1-14-7-3-6(15(11,12)13)2-5(4-9)8(7)10/h2-4,10H,1H3,(H,11,12,13). The molecule has 0 heterocycles. The van der Waals surface area contributed by atoms with Crippen molar-refractivity contribution in [3.05, 3.63) is 17.7 Å². The molecule has 6 nitrogen and oxygen atoms in total. The molecule has 0 aliphatic carbocycles. The number of methoxy groups -OCH3 is 1. The van der Waals surface area contributed by atoms with Crippen molar-refractivity contribution in [2.45, 2.75) is 4.90 Å². The SMILES string of the molecule is COc1cc(S(=O)(=O)O)cc(C=O)c1O. The van der Waals surface area contributed by atoms with Crippen LogP contribution in [0.3, 0.4) is 0 Å². The van der Waals surface area contributed by atoms with Crippen LogP contribution in [0.4, 0.5) is 0 Å². The summed E-state index contributed by atoms with van der Waals surface area (Å²) in [5.41, 5.74) is -0.276. The topological polar surface area (TPSA) is 101 Å². The molecule has 0 aromatic heterocycles. The molecule has 0 aliphatic heterocycles. The van der Waals surface area contributed by atoms with E-state index in [1.54, 1.807) is 0 Å². The number of benzene rings is 1. The molecular weight excluding hydrogens is 224 g/mol. The van der Waals surface area contributed by atoms with Crippen LogP contribution in [0, 0.1) is 0 Å². The van der Waals surface area contributed by atoms with E-state index in [0.717, 1.165) is 12.1 Å². The molecule has 0 spiro atoms. The normalized spacial score (nSPS) is 11.1. The van der Waals surface area contributed by atoms with E-state index >= 15 is 0 Å². The second-order valence-corrected chi connectivity index (χ2v) is 4.08. The Morgan fingerprint density at radius 3 is 2.40 bits per heavy atom. The smallest absolute Gasteiger partial charge is 0.294 e. The molecule has 1 aromatic carbocycles. The van der Waals surface area contributed by atoms with Crippen molar-refractivity contribution in [2.75, 3.05) is 7.11 Å². The number of carbonyl (C=O) groups excluding carboxylic acids is 1. The van der Waals surface area contributed by atoms with Gasteiger partial charge in [-0.05, 0) is 6.07 Å². The highest BCUT2D eigenvalue weighted by Gasteiger charge is 2.17. The Labute approximate surface area is 85.9 Å². The lowest BCUT2D eigenvalue weighted by atomic mass is 10.2. The van der Waals surface area contributed by atoms with Crippen molar-refractivity contribution in [2.24, 2.45) is 0 Å². The van der Waals surface area contributed by atoms with Gasteiger partial charge in [0.1, 0.15) is 0 Å². The number of rotatable bonds is 3. The van der Waals surface area contributed by atoms with Crippen molar-refractivity contribution in [3.8, 4) is 11.5 Å².